The summed E-state index contributed by atoms with van der Waals surface area (Å²) in [6.45, 7) is 1.72. The summed E-state index contributed by atoms with van der Waals surface area (Å²) in [4.78, 5) is 13.9. The molecule has 1 atom stereocenters. The zero-order valence-electron chi connectivity index (χ0n) is 12.1. The summed E-state index contributed by atoms with van der Waals surface area (Å²) >= 11 is 0. The van der Waals surface area contributed by atoms with E-state index in [0.717, 1.165) is 31.6 Å². The lowest BCUT2D eigenvalue weighted by molar-refractivity contribution is -0.146. The molecule has 0 unspecified atom stereocenters. The highest BCUT2D eigenvalue weighted by molar-refractivity contribution is 5.75. The molecule has 3 rings (SSSR count). The summed E-state index contributed by atoms with van der Waals surface area (Å²) < 4.78 is 6.71. The number of hydrogen-bond acceptors (Lipinski definition) is 4. The van der Waals surface area contributed by atoms with Crippen LogP contribution in [-0.4, -0.2) is 40.3 Å². The smallest absolute Gasteiger partial charge is 0.323 e. The molecule has 0 bridgehead atoms. The fourth-order valence-electron chi connectivity index (χ4n) is 2.83. The largest absolute Gasteiger partial charge is 0.468 e. The van der Waals surface area contributed by atoms with E-state index in [1.54, 1.807) is 6.20 Å². The first kappa shape index (κ1) is 13.8. The third kappa shape index (κ3) is 2.97. The Balaban J connectivity index is 1.69. The van der Waals surface area contributed by atoms with E-state index in [-0.39, 0.29) is 12.0 Å². The van der Waals surface area contributed by atoms with Gasteiger partial charge >= 0.3 is 5.97 Å². The van der Waals surface area contributed by atoms with Crippen molar-refractivity contribution in [3.8, 4) is 5.69 Å². The van der Waals surface area contributed by atoms with Crippen LogP contribution in [0.1, 0.15) is 18.4 Å². The zero-order valence-corrected chi connectivity index (χ0v) is 12.1. The lowest BCUT2D eigenvalue weighted by atomic mass is 10.1. The van der Waals surface area contributed by atoms with Crippen LogP contribution in [0.4, 0.5) is 0 Å². The lowest BCUT2D eigenvalue weighted by Gasteiger charge is -2.22. The second kappa shape index (κ2) is 6.10. The van der Waals surface area contributed by atoms with Gasteiger partial charge in [0.1, 0.15) is 6.04 Å². The molecule has 0 aliphatic carbocycles. The van der Waals surface area contributed by atoms with Gasteiger partial charge in [0, 0.05) is 18.9 Å². The van der Waals surface area contributed by atoms with Crippen molar-refractivity contribution in [2.75, 3.05) is 13.7 Å². The van der Waals surface area contributed by atoms with Gasteiger partial charge in [-0.05, 0) is 43.1 Å². The normalized spacial score (nSPS) is 18.8. The Morgan fingerprint density at radius 1 is 1.38 bits per heavy atom. The molecule has 0 radical (unpaired) electrons. The highest BCUT2D eigenvalue weighted by Crippen LogP contribution is 2.21. The number of aromatic nitrogens is 2. The van der Waals surface area contributed by atoms with Crippen molar-refractivity contribution in [2.24, 2.45) is 0 Å². The number of carbonyl (C=O) groups excluding carboxylic acids is 1. The van der Waals surface area contributed by atoms with E-state index >= 15 is 0 Å². The number of esters is 1. The Morgan fingerprint density at radius 3 is 2.86 bits per heavy atom. The van der Waals surface area contributed by atoms with E-state index in [1.165, 1.54) is 12.7 Å². The van der Waals surface area contributed by atoms with Crippen LogP contribution in [0.5, 0.6) is 0 Å². The minimum atomic E-state index is -0.124. The third-order valence-electron chi connectivity index (χ3n) is 3.93. The van der Waals surface area contributed by atoms with Crippen molar-refractivity contribution in [1.29, 1.82) is 0 Å². The first-order chi connectivity index (χ1) is 10.3. The van der Waals surface area contributed by atoms with Crippen molar-refractivity contribution in [3.05, 3.63) is 48.3 Å². The average molecular weight is 285 g/mol. The van der Waals surface area contributed by atoms with E-state index in [2.05, 4.69) is 22.1 Å². The Morgan fingerprint density at radius 2 is 2.19 bits per heavy atom. The molecule has 1 aliphatic heterocycles. The Kier molecular flexibility index (Phi) is 4.01. The van der Waals surface area contributed by atoms with Crippen LogP contribution in [0.25, 0.3) is 5.69 Å². The molecule has 1 fully saturated rings. The first-order valence-electron chi connectivity index (χ1n) is 7.19. The van der Waals surface area contributed by atoms with Gasteiger partial charge in [-0.25, -0.2) is 4.68 Å². The highest BCUT2D eigenvalue weighted by atomic mass is 16.5. The quantitative estimate of drug-likeness (QED) is 0.806. The molecule has 1 aliphatic rings. The van der Waals surface area contributed by atoms with Gasteiger partial charge in [-0.2, -0.15) is 5.10 Å². The first-order valence-corrected chi connectivity index (χ1v) is 7.19. The van der Waals surface area contributed by atoms with Gasteiger partial charge in [-0.3, -0.25) is 9.69 Å². The number of ether oxygens (including phenoxy) is 1. The van der Waals surface area contributed by atoms with Crippen LogP contribution in [0.2, 0.25) is 0 Å². The SMILES string of the molecule is COC(=O)[C@H]1CCCN1Cc1ccc(-n2cccn2)cc1. The predicted molar refractivity (Wildman–Crippen MR) is 79.0 cm³/mol. The molecule has 1 aromatic carbocycles. The van der Waals surface area contributed by atoms with Crippen LogP contribution in [0.3, 0.4) is 0 Å². The number of carbonyl (C=O) groups is 1. The van der Waals surface area contributed by atoms with Crippen molar-refractivity contribution < 1.29 is 9.53 Å². The second-order valence-electron chi connectivity index (χ2n) is 5.27. The summed E-state index contributed by atoms with van der Waals surface area (Å²) in [5.41, 5.74) is 2.23. The zero-order chi connectivity index (χ0) is 14.7. The molecule has 2 heterocycles. The fraction of sp³-hybridized carbons (Fsp3) is 0.375. The van der Waals surface area contributed by atoms with Gasteiger partial charge in [0.2, 0.25) is 0 Å². The van der Waals surface area contributed by atoms with Crippen LogP contribution >= 0.6 is 0 Å². The van der Waals surface area contributed by atoms with Gasteiger partial charge < -0.3 is 4.74 Å². The maximum Gasteiger partial charge on any atom is 0.323 e. The van der Waals surface area contributed by atoms with Crippen LogP contribution in [-0.2, 0) is 16.1 Å². The molecule has 110 valence electrons. The second-order valence-corrected chi connectivity index (χ2v) is 5.27. The Hall–Kier alpha value is -2.14. The summed E-state index contributed by atoms with van der Waals surface area (Å²) in [5.74, 6) is -0.124. The monoisotopic (exact) mass is 285 g/mol. The molecule has 0 N–H and O–H groups in total. The van der Waals surface area contributed by atoms with Crippen molar-refractivity contribution in [1.82, 2.24) is 14.7 Å². The summed E-state index contributed by atoms with van der Waals surface area (Å²) in [6, 6.07) is 10.1. The molecular weight excluding hydrogens is 266 g/mol. The number of rotatable bonds is 4. The van der Waals surface area contributed by atoms with Crippen molar-refractivity contribution in [2.45, 2.75) is 25.4 Å². The molecule has 2 aromatic rings. The number of nitrogens with zero attached hydrogens (tertiary/aromatic N) is 3. The minimum absolute atomic E-state index is 0.0965. The molecule has 0 saturated carbocycles. The van der Waals surface area contributed by atoms with Crippen LogP contribution < -0.4 is 0 Å². The number of likely N-dealkylation sites (tertiary alicyclic amines) is 1. The summed E-state index contributed by atoms with van der Waals surface area (Å²) in [5, 5.41) is 4.21. The van der Waals surface area contributed by atoms with E-state index in [4.69, 9.17) is 4.74 Å². The maximum atomic E-state index is 11.7. The van der Waals surface area contributed by atoms with Crippen molar-refractivity contribution >= 4 is 5.97 Å². The predicted octanol–water partition coefficient (Wildman–Crippen LogP) is 2.01. The van der Waals surface area contributed by atoms with Crippen LogP contribution in [0.15, 0.2) is 42.7 Å². The highest BCUT2D eigenvalue weighted by Gasteiger charge is 2.31. The van der Waals surface area contributed by atoms with Crippen LogP contribution in [0, 0.1) is 0 Å². The average Bonchev–Trinajstić information content (AvgIpc) is 3.18. The number of methoxy groups -OCH3 is 1. The maximum absolute atomic E-state index is 11.7. The molecule has 0 spiro atoms. The van der Waals surface area contributed by atoms with Gasteiger partial charge in [-0.15, -0.1) is 0 Å². The van der Waals surface area contributed by atoms with E-state index in [9.17, 15) is 4.79 Å². The standard InChI is InChI=1S/C16H19N3O2/c1-21-16(20)15-4-2-10-18(15)12-13-5-7-14(8-6-13)19-11-3-9-17-19/h3,5-9,11,15H,2,4,10,12H2,1H3/t15-/m1/s1. The molecule has 5 heteroatoms. The minimum Gasteiger partial charge on any atom is -0.468 e. The molecule has 5 nitrogen and oxygen atoms in total. The van der Waals surface area contributed by atoms with Gasteiger partial charge in [0.25, 0.3) is 0 Å². The van der Waals surface area contributed by atoms with Gasteiger partial charge in [0.05, 0.1) is 12.8 Å². The lowest BCUT2D eigenvalue weighted by Crippen LogP contribution is -2.36. The fourth-order valence-corrected chi connectivity index (χ4v) is 2.83. The summed E-state index contributed by atoms with van der Waals surface area (Å²) in [7, 11) is 1.46. The van der Waals surface area contributed by atoms with E-state index in [1.807, 2.05) is 29.1 Å². The summed E-state index contributed by atoms with van der Waals surface area (Å²) in [6.07, 6.45) is 5.62. The molecule has 1 aromatic heterocycles. The molecule has 21 heavy (non-hydrogen) atoms. The Bertz CT molecular complexity index is 592. The Labute approximate surface area is 124 Å². The number of benzene rings is 1. The molecule has 0 amide bonds. The molecular formula is C16H19N3O2. The van der Waals surface area contributed by atoms with E-state index < -0.39 is 0 Å². The van der Waals surface area contributed by atoms with Crippen molar-refractivity contribution in [3.63, 3.8) is 0 Å². The molecule has 1 saturated heterocycles. The van der Waals surface area contributed by atoms with Gasteiger partial charge in [0.15, 0.2) is 0 Å². The topological polar surface area (TPSA) is 47.4 Å². The number of hydrogen-bond donors (Lipinski definition) is 0. The van der Waals surface area contributed by atoms with E-state index in [0.29, 0.717) is 0 Å². The third-order valence-corrected chi connectivity index (χ3v) is 3.93. The van der Waals surface area contributed by atoms with Gasteiger partial charge in [-0.1, -0.05) is 12.1 Å².